The van der Waals surface area contributed by atoms with Crippen LogP contribution >= 0.6 is 0 Å². The summed E-state index contributed by atoms with van der Waals surface area (Å²) in [6, 6.07) is 16.5. The van der Waals surface area contributed by atoms with Gasteiger partial charge in [-0.25, -0.2) is 20.8 Å². The van der Waals surface area contributed by atoms with E-state index >= 15 is 0 Å². The average Bonchev–Trinajstić information content (AvgIpc) is 3.14. The summed E-state index contributed by atoms with van der Waals surface area (Å²) >= 11 is 0. The summed E-state index contributed by atoms with van der Waals surface area (Å²) in [6.07, 6.45) is 1.56. The Morgan fingerprint density at radius 2 is 1.57 bits per heavy atom. The van der Waals surface area contributed by atoms with Gasteiger partial charge in [-0.3, -0.25) is 0 Å². The van der Waals surface area contributed by atoms with Gasteiger partial charge in [0.25, 0.3) is 10.0 Å². The lowest BCUT2D eigenvalue weighted by atomic mass is 10.1. The fourth-order valence-corrected chi connectivity index (χ4v) is 5.37. The lowest BCUT2D eigenvalue weighted by Gasteiger charge is -2.12. The molecule has 28 heavy (non-hydrogen) atoms. The molecule has 6 nitrogen and oxygen atoms in total. The van der Waals surface area contributed by atoms with Gasteiger partial charge in [-0.2, -0.15) is 0 Å². The van der Waals surface area contributed by atoms with Gasteiger partial charge in [0.2, 0.25) is 0 Å². The Morgan fingerprint density at radius 1 is 0.893 bits per heavy atom. The molecule has 1 heterocycles. The second kappa shape index (κ2) is 7.90. The van der Waals surface area contributed by atoms with Crippen LogP contribution in [0.4, 0.5) is 0 Å². The third-order valence-corrected chi connectivity index (χ3v) is 7.80. The molecular weight excluding hydrogens is 396 g/mol. The lowest BCUT2D eigenvalue weighted by Crippen LogP contribution is -2.14. The summed E-state index contributed by atoms with van der Waals surface area (Å²) in [4.78, 5) is -0.0641. The van der Waals surface area contributed by atoms with Gasteiger partial charge in [-0.15, -0.1) is 0 Å². The molecule has 1 aromatic heterocycles. The molecule has 3 aromatic rings. The van der Waals surface area contributed by atoms with E-state index in [1.165, 1.54) is 35.2 Å². The largest absolute Gasteiger partial charge is 0.316 e. The Hall–Kier alpha value is -2.42. The van der Waals surface area contributed by atoms with Gasteiger partial charge in [0.15, 0.2) is 9.84 Å². The number of benzene rings is 2. The molecule has 148 valence electrons. The van der Waals surface area contributed by atoms with Crippen LogP contribution in [0.25, 0.3) is 11.3 Å². The molecule has 0 fully saturated rings. The van der Waals surface area contributed by atoms with Gasteiger partial charge in [-0.1, -0.05) is 43.3 Å². The monoisotopic (exact) mass is 418 g/mol. The minimum atomic E-state index is -3.98. The standard InChI is InChI=1S/C20H22N2O4S2/c1-3-27(23,24)18-10-7-11-19(13-18)28(25,26)22-15-16(14-21-2)12-20(22)17-8-5-4-6-9-17/h4-13,15,21H,3,14H2,1-2H3. The topological polar surface area (TPSA) is 85.2 Å². The first kappa shape index (κ1) is 20.3. The van der Waals surface area contributed by atoms with Crippen LogP contribution in [-0.2, 0) is 26.4 Å². The van der Waals surface area contributed by atoms with Crippen LogP contribution in [0, 0.1) is 0 Å². The number of aromatic nitrogens is 1. The highest BCUT2D eigenvalue weighted by molar-refractivity contribution is 7.91. The maximum atomic E-state index is 13.4. The molecule has 0 radical (unpaired) electrons. The Kier molecular flexibility index (Phi) is 5.74. The van der Waals surface area contributed by atoms with Gasteiger partial charge in [-0.05, 0) is 42.4 Å². The van der Waals surface area contributed by atoms with E-state index in [0.717, 1.165) is 11.1 Å². The summed E-state index contributed by atoms with van der Waals surface area (Å²) in [5, 5.41) is 3.02. The predicted octanol–water partition coefficient (Wildman–Crippen LogP) is 2.91. The number of rotatable bonds is 7. The number of sulfone groups is 1. The van der Waals surface area contributed by atoms with Crippen molar-refractivity contribution in [2.75, 3.05) is 12.8 Å². The normalized spacial score (nSPS) is 12.2. The third-order valence-electron chi connectivity index (χ3n) is 4.39. The Bertz CT molecular complexity index is 1180. The van der Waals surface area contributed by atoms with Crippen LogP contribution in [0.3, 0.4) is 0 Å². The third kappa shape index (κ3) is 3.89. The predicted molar refractivity (Wildman–Crippen MR) is 109 cm³/mol. The van der Waals surface area contributed by atoms with Crippen molar-refractivity contribution in [3.63, 3.8) is 0 Å². The van der Waals surface area contributed by atoms with Crippen molar-refractivity contribution in [1.29, 1.82) is 0 Å². The highest BCUT2D eigenvalue weighted by Gasteiger charge is 2.23. The van der Waals surface area contributed by atoms with E-state index in [2.05, 4.69) is 5.32 Å². The maximum Gasteiger partial charge on any atom is 0.268 e. The van der Waals surface area contributed by atoms with Crippen LogP contribution in [0.15, 0.2) is 76.7 Å². The average molecular weight is 419 g/mol. The number of hydrogen-bond donors (Lipinski definition) is 1. The van der Waals surface area contributed by atoms with Gasteiger partial charge in [0, 0.05) is 12.7 Å². The fraction of sp³-hybridized carbons (Fsp3) is 0.200. The quantitative estimate of drug-likeness (QED) is 0.638. The lowest BCUT2D eigenvalue weighted by molar-refractivity contribution is 0.587. The van der Waals surface area contributed by atoms with Gasteiger partial charge < -0.3 is 5.32 Å². The van der Waals surface area contributed by atoms with Crippen molar-refractivity contribution in [1.82, 2.24) is 9.29 Å². The molecule has 0 bridgehead atoms. The molecule has 0 amide bonds. The van der Waals surface area contributed by atoms with E-state index in [9.17, 15) is 16.8 Å². The molecular formula is C20H22N2O4S2. The summed E-state index contributed by atoms with van der Waals surface area (Å²) in [7, 11) is -5.71. The maximum absolute atomic E-state index is 13.4. The summed E-state index contributed by atoms with van der Waals surface area (Å²) in [6.45, 7) is 2.03. The first-order chi connectivity index (χ1) is 13.3. The smallest absolute Gasteiger partial charge is 0.268 e. The molecule has 2 aromatic carbocycles. The van der Waals surface area contributed by atoms with E-state index in [4.69, 9.17) is 0 Å². The molecule has 0 saturated carbocycles. The van der Waals surface area contributed by atoms with E-state index in [1.807, 2.05) is 36.4 Å². The summed E-state index contributed by atoms with van der Waals surface area (Å²) in [5.41, 5.74) is 2.09. The SMILES string of the molecule is CCS(=O)(=O)c1cccc(S(=O)(=O)n2cc(CNC)cc2-c2ccccc2)c1. The minimum absolute atomic E-state index is 0.0000550. The van der Waals surface area contributed by atoms with Crippen molar-refractivity contribution in [3.8, 4) is 11.3 Å². The van der Waals surface area contributed by atoms with Crippen molar-refractivity contribution in [2.24, 2.45) is 0 Å². The molecule has 0 spiro atoms. The zero-order valence-corrected chi connectivity index (χ0v) is 17.3. The van der Waals surface area contributed by atoms with Gasteiger partial charge >= 0.3 is 0 Å². The number of hydrogen-bond acceptors (Lipinski definition) is 5. The Morgan fingerprint density at radius 3 is 2.21 bits per heavy atom. The number of nitrogens with zero attached hydrogens (tertiary/aromatic N) is 1. The van der Waals surface area contributed by atoms with Crippen LogP contribution in [0.1, 0.15) is 12.5 Å². The van der Waals surface area contributed by atoms with Crippen molar-refractivity contribution < 1.29 is 16.8 Å². The second-order valence-electron chi connectivity index (χ2n) is 6.31. The second-order valence-corrected chi connectivity index (χ2v) is 10.4. The van der Waals surface area contributed by atoms with Crippen molar-refractivity contribution in [2.45, 2.75) is 23.3 Å². The molecule has 0 aliphatic carbocycles. The number of nitrogens with one attached hydrogen (secondary N) is 1. The van der Waals surface area contributed by atoms with E-state index in [0.29, 0.717) is 12.2 Å². The highest BCUT2D eigenvalue weighted by atomic mass is 32.2. The van der Waals surface area contributed by atoms with E-state index < -0.39 is 19.9 Å². The molecule has 8 heteroatoms. The first-order valence-electron chi connectivity index (χ1n) is 8.79. The van der Waals surface area contributed by atoms with Crippen LogP contribution < -0.4 is 5.32 Å². The van der Waals surface area contributed by atoms with E-state index in [1.54, 1.807) is 13.2 Å². The van der Waals surface area contributed by atoms with Crippen LogP contribution in [0.2, 0.25) is 0 Å². The zero-order chi connectivity index (χ0) is 20.4. The molecule has 0 saturated heterocycles. The Balaban J connectivity index is 2.19. The Labute approximate surface area is 165 Å². The molecule has 0 aliphatic heterocycles. The van der Waals surface area contributed by atoms with E-state index in [-0.39, 0.29) is 15.5 Å². The molecule has 0 aliphatic rings. The van der Waals surface area contributed by atoms with Gasteiger partial charge in [0.1, 0.15) is 0 Å². The molecule has 0 atom stereocenters. The summed E-state index contributed by atoms with van der Waals surface area (Å²) < 4.78 is 52.3. The van der Waals surface area contributed by atoms with Crippen LogP contribution in [-0.4, -0.2) is 33.6 Å². The minimum Gasteiger partial charge on any atom is -0.316 e. The molecule has 3 rings (SSSR count). The van der Waals surface area contributed by atoms with Crippen molar-refractivity contribution >= 4 is 19.9 Å². The molecule has 0 unspecified atom stereocenters. The first-order valence-corrected chi connectivity index (χ1v) is 11.9. The zero-order valence-electron chi connectivity index (χ0n) is 15.7. The van der Waals surface area contributed by atoms with Gasteiger partial charge in [0.05, 0.1) is 21.2 Å². The summed E-state index contributed by atoms with van der Waals surface area (Å²) in [5.74, 6) is -0.0956. The van der Waals surface area contributed by atoms with Crippen molar-refractivity contribution in [3.05, 3.63) is 72.4 Å². The van der Waals surface area contributed by atoms with Crippen LogP contribution in [0.5, 0.6) is 0 Å². The fourth-order valence-electron chi connectivity index (χ4n) is 2.92. The highest BCUT2D eigenvalue weighted by Crippen LogP contribution is 2.28. The molecule has 1 N–H and O–H groups in total.